The summed E-state index contributed by atoms with van der Waals surface area (Å²) in [5.41, 5.74) is 0. The Balaban J connectivity index is 2.05. The molecular weight excluding hydrogens is 352 g/mol. The van der Waals surface area contributed by atoms with Crippen LogP contribution in [0.1, 0.15) is 46.5 Å². The van der Waals surface area contributed by atoms with Gasteiger partial charge in [-0.1, -0.05) is 13.8 Å². The van der Waals surface area contributed by atoms with E-state index in [4.69, 9.17) is 5.11 Å². The highest BCUT2D eigenvalue weighted by Crippen LogP contribution is 2.21. The Morgan fingerprint density at radius 1 is 1.04 bits per heavy atom. The van der Waals surface area contributed by atoms with Crippen molar-refractivity contribution in [3.05, 3.63) is 0 Å². The van der Waals surface area contributed by atoms with Crippen molar-refractivity contribution >= 4 is 23.7 Å². The average Bonchev–Trinajstić information content (AvgIpc) is 3.29. The number of hydrogen-bond acceptors (Lipinski definition) is 5. The lowest BCUT2D eigenvalue weighted by molar-refractivity contribution is -0.145. The monoisotopic (exact) mass is 382 g/mol. The van der Waals surface area contributed by atoms with E-state index in [2.05, 4.69) is 16.0 Å². The van der Waals surface area contributed by atoms with E-state index in [0.29, 0.717) is 19.4 Å². The van der Waals surface area contributed by atoms with Gasteiger partial charge in [0.1, 0.15) is 18.1 Å². The highest BCUT2D eigenvalue weighted by molar-refractivity contribution is 5.94. The Hall–Kier alpha value is -2.16. The number of carbonyl (C=O) groups is 4. The van der Waals surface area contributed by atoms with Gasteiger partial charge in [0.15, 0.2) is 0 Å². The Labute approximate surface area is 159 Å². The summed E-state index contributed by atoms with van der Waals surface area (Å²) in [6.45, 7) is 6.28. The molecule has 0 aromatic rings. The van der Waals surface area contributed by atoms with Crippen LogP contribution in [0, 0.1) is 5.92 Å². The number of carboxylic acids is 1. The molecule has 2 aliphatic heterocycles. The van der Waals surface area contributed by atoms with Gasteiger partial charge in [-0.15, -0.1) is 0 Å². The molecule has 2 aliphatic rings. The predicted molar refractivity (Wildman–Crippen MR) is 97.8 cm³/mol. The molecule has 4 atom stereocenters. The normalized spacial score (nSPS) is 24.5. The Morgan fingerprint density at radius 3 is 2.30 bits per heavy atom. The molecular formula is C18H30N4O5. The number of amides is 3. The summed E-state index contributed by atoms with van der Waals surface area (Å²) in [7, 11) is 0. The average molecular weight is 382 g/mol. The molecule has 2 heterocycles. The molecule has 152 valence electrons. The van der Waals surface area contributed by atoms with E-state index >= 15 is 0 Å². The van der Waals surface area contributed by atoms with Gasteiger partial charge >= 0.3 is 5.97 Å². The molecule has 0 aromatic carbocycles. The number of hydrogen-bond donors (Lipinski definition) is 4. The van der Waals surface area contributed by atoms with Crippen LogP contribution in [0.2, 0.25) is 0 Å². The number of rotatable bonds is 7. The van der Waals surface area contributed by atoms with Gasteiger partial charge in [-0.25, -0.2) is 0 Å². The Morgan fingerprint density at radius 2 is 1.74 bits per heavy atom. The van der Waals surface area contributed by atoms with E-state index in [-0.39, 0.29) is 23.8 Å². The molecule has 0 aliphatic carbocycles. The van der Waals surface area contributed by atoms with Crippen LogP contribution in [0.3, 0.4) is 0 Å². The van der Waals surface area contributed by atoms with Crippen LogP contribution in [0.25, 0.3) is 0 Å². The minimum Gasteiger partial charge on any atom is -0.480 e. The summed E-state index contributed by atoms with van der Waals surface area (Å²) in [6.07, 6.45) is 2.81. The third-order valence-corrected chi connectivity index (χ3v) is 5.18. The topological polar surface area (TPSA) is 128 Å². The van der Waals surface area contributed by atoms with Gasteiger partial charge in [-0.05, 0) is 45.1 Å². The number of aliphatic carboxylic acids is 1. The number of likely N-dealkylation sites (tertiary alicyclic amines) is 1. The number of carbonyl (C=O) groups excluding carboxylic acids is 3. The summed E-state index contributed by atoms with van der Waals surface area (Å²) in [4.78, 5) is 50.4. The highest BCUT2D eigenvalue weighted by atomic mass is 16.4. The molecule has 27 heavy (non-hydrogen) atoms. The van der Waals surface area contributed by atoms with Crippen molar-refractivity contribution in [3.8, 4) is 0 Å². The van der Waals surface area contributed by atoms with Crippen molar-refractivity contribution in [3.63, 3.8) is 0 Å². The van der Waals surface area contributed by atoms with Gasteiger partial charge < -0.3 is 26.0 Å². The van der Waals surface area contributed by atoms with Gasteiger partial charge in [0.2, 0.25) is 17.7 Å². The molecule has 0 bridgehead atoms. The van der Waals surface area contributed by atoms with Crippen LogP contribution in [-0.2, 0) is 19.2 Å². The third kappa shape index (κ3) is 5.18. The maximum atomic E-state index is 13.1. The maximum Gasteiger partial charge on any atom is 0.325 e. The van der Waals surface area contributed by atoms with Crippen LogP contribution in [-0.4, -0.2) is 71.0 Å². The van der Waals surface area contributed by atoms with Crippen LogP contribution in [0.4, 0.5) is 0 Å². The first-order valence-electron chi connectivity index (χ1n) is 9.59. The molecule has 0 radical (unpaired) electrons. The van der Waals surface area contributed by atoms with Gasteiger partial charge in [0, 0.05) is 6.54 Å². The second kappa shape index (κ2) is 9.16. The quantitative estimate of drug-likeness (QED) is 0.468. The summed E-state index contributed by atoms with van der Waals surface area (Å²) < 4.78 is 0. The number of nitrogens with one attached hydrogen (secondary N) is 3. The van der Waals surface area contributed by atoms with Crippen LogP contribution < -0.4 is 16.0 Å². The molecule has 0 spiro atoms. The third-order valence-electron chi connectivity index (χ3n) is 5.18. The largest absolute Gasteiger partial charge is 0.480 e. The lowest BCUT2D eigenvalue weighted by Crippen LogP contribution is -2.57. The van der Waals surface area contributed by atoms with Crippen molar-refractivity contribution in [2.24, 2.45) is 5.92 Å². The van der Waals surface area contributed by atoms with E-state index in [1.54, 1.807) is 0 Å². The van der Waals surface area contributed by atoms with Gasteiger partial charge in [0.25, 0.3) is 0 Å². The summed E-state index contributed by atoms with van der Waals surface area (Å²) in [6, 6.07) is -2.73. The van der Waals surface area contributed by atoms with Gasteiger partial charge in [-0.2, -0.15) is 0 Å². The second-order valence-corrected chi connectivity index (χ2v) is 7.64. The minimum atomic E-state index is -1.13. The molecule has 9 nitrogen and oxygen atoms in total. The Bertz CT molecular complexity index is 588. The van der Waals surface area contributed by atoms with E-state index in [1.165, 1.54) is 11.8 Å². The SMILES string of the molecule is CC(NC(=O)C1CCCN1C(=O)C(NC(=O)C1CCCN1)C(C)C)C(=O)O. The molecule has 9 heteroatoms. The van der Waals surface area contributed by atoms with Crippen molar-refractivity contribution in [1.82, 2.24) is 20.9 Å². The summed E-state index contributed by atoms with van der Waals surface area (Å²) in [5.74, 6) is -2.22. The zero-order valence-electron chi connectivity index (χ0n) is 16.2. The lowest BCUT2D eigenvalue weighted by atomic mass is 10.0. The van der Waals surface area contributed by atoms with Gasteiger partial charge in [0.05, 0.1) is 6.04 Å². The lowest BCUT2D eigenvalue weighted by Gasteiger charge is -2.31. The standard InChI is InChI=1S/C18H30N4O5/c1-10(2)14(21-15(23)12-6-4-8-19-12)17(25)22-9-5-7-13(22)16(24)20-11(3)18(26)27/h10-14,19H,4-9H2,1-3H3,(H,20,24)(H,21,23)(H,26,27). The smallest absolute Gasteiger partial charge is 0.325 e. The molecule has 0 aromatic heterocycles. The maximum absolute atomic E-state index is 13.1. The molecule has 3 amide bonds. The molecule has 2 saturated heterocycles. The summed E-state index contributed by atoms with van der Waals surface area (Å²) >= 11 is 0. The first-order chi connectivity index (χ1) is 12.7. The van der Waals surface area contributed by atoms with Crippen LogP contribution in [0.15, 0.2) is 0 Å². The zero-order valence-corrected chi connectivity index (χ0v) is 16.2. The highest BCUT2D eigenvalue weighted by Gasteiger charge is 2.39. The van der Waals surface area contributed by atoms with E-state index in [1.807, 2.05) is 13.8 Å². The van der Waals surface area contributed by atoms with Crippen molar-refractivity contribution < 1.29 is 24.3 Å². The van der Waals surface area contributed by atoms with E-state index in [0.717, 1.165) is 19.4 Å². The number of nitrogens with zero attached hydrogens (tertiary/aromatic N) is 1. The fourth-order valence-corrected chi connectivity index (χ4v) is 3.53. The van der Waals surface area contributed by atoms with Crippen molar-refractivity contribution in [2.45, 2.75) is 70.6 Å². The number of carboxylic acid groups (broad SMARTS) is 1. The minimum absolute atomic E-state index is 0.134. The van der Waals surface area contributed by atoms with Crippen LogP contribution >= 0.6 is 0 Å². The Kier molecular flexibility index (Phi) is 7.18. The van der Waals surface area contributed by atoms with E-state index < -0.39 is 30.0 Å². The van der Waals surface area contributed by atoms with Crippen molar-refractivity contribution in [2.75, 3.05) is 13.1 Å². The van der Waals surface area contributed by atoms with Gasteiger partial charge in [-0.3, -0.25) is 19.2 Å². The fraction of sp³-hybridized carbons (Fsp3) is 0.778. The molecule has 4 unspecified atom stereocenters. The predicted octanol–water partition coefficient (Wildman–Crippen LogP) is -0.540. The molecule has 4 N–H and O–H groups in total. The second-order valence-electron chi connectivity index (χ2n) is 7.64. The van der Waals surface area contributed by atoms with E-state index in [9.17, 15) is 19.2 Å². The zero-order chi connectivity index (χ0) is 20.1. The molecule has 2 rings (SSSR count). The summed E-state index contributed by atoms with van der Waals surface area (Å²) in [5, 5.41) is 17.3. The first kappa shape index (κ1) is 21.1. The molecule has 0 saturated carbocycles. The first-order valence-corrected chi connectivity index (χ1v) is 9.59. The molecule has 2 fully saturated rings. The fourth-order valence-electron chi connectivity index (χ4n) is 3.53. The van der Waals surface area contributed by atoms with Crippen molar-refractivity contribution in [1.29, 1.82) is 0 Å². The van der Waals surface area contributed by atoms with Crippen LogP contribution in [0.5, 0.6) is 0 Å².